The van der Waals surface area contributed by atoms with E-state index in [9.17, 15) is 4.79 Å². The van der Waals surface area contributed by atoms with E-state index < -0.39 is 0 Å². The molecule has 0 aliphatic carbocycles. The molecular formula is C10H9N5OS. The first-order valence-electron chi connectivity index (χ1n) is 4.73. The van der Waals surface area contributed by atoms with Gasteiger partial charge in [0, 0.05) is 18.0 Å². The van der Waals surface area contributed by atoms with Crippen molar-refractivity contribution in [1.82, 2.24) is 15.2 Å². The fourth-order valence-electron chi connectivity index (χ4n) is 1.26. The van der Waals surface area contributed by atoms with Crippen LogP contribution in [0.3, 0.4) is 0 Å². The Labute approximate surface area is 102 Å². The highest BCUT2D eigenvalue weighted by molar-refractivity contribution is 7.80. The van der Waals surface area contributed by atoms with Crippen molar-refractivity contribution in [2.75, 3.05) is 5.32 Å². The number of hydrogen-bond acceptors (Lipinski definition) is 4. The zero-order chi connectivity index (χ0) is 12.3. The van der Waals surface area contributed by atoms with E-state index in [1.54, 1.807) is 12.1 Å². The van der Waals surface area contributed by atoms with E-state index in [1.165, 1.54) is 18.6 Å². The smallest absolute Gasteiger partial charge is 0.256 e. The van der Waals surface area contributed by atoms with Gasteiger partial charge in [-0.25, -0.2) is 0 Å². The molecule has 0 bridgehead atoms. The Morgan fingerprint density at radius 2 is 2.12 bits per heavy atom. The minimum absolute atomic E-state index is 0.170. The second kappa shape index (κ2) is 4.71. The van der Waals surface area contributed by atoms with Gasteiger partial charge in [-0.05, 0) is 12.1 Å². The van der Waals surface area contributed by atoms with E-state index in [0.717, 1.165) is 0 Å². The van der Waals surface area contributed by atoms with Crippen LogP contribution in [0, 0.1) is 0 Å². The maximum atomic E-state index is 11.8. The van der Waals surface area contributed by atoms with Crippen LogP contribution >= 0.6 is 12.2 Å². The lowest BCUT2D eigenvalue weighted by molar-refractivity contribution is 0.102. The summed E-state index contributed by atoms with van der Waals surface area (Å²) in [5.74, 6) is 0.105. The van der Waals surface area contributed by atoms with Crippen LogP contribution in [0.2, 0.25) is 0 Å². The molecule has 0 saturated heterocycles. The van der Waals surface area contributed by atoms with Crippen molar-refractivity contribution in [3.63, 3.8) is 0 Å². The SMILES string of the molecule is NC(=S)c1cn[nH]c1NC(=O)c1ccncc1. The molecule has 0 aromatic carbocycles. The Bertz CT molecular complexity index is 551. The van der Waals surface area contributed by atoms with Crippen molar-refractivity contribution in [3.8, 4) is 0 Å². The van der Waals surface area contributed by atoms with Crippen LogP contribution in [-0.4, -0.2) is 26.1 Å². The molecule has 2 aromatic heterocycles. The van der Waals surface area contributed by atoms with Gasteiger partial charge in [-0.1, -0.05) is 12.2 Å². The fourth-order valence-corrected chi connectivity index (χ4v) is 1.41. The number of hydrogen-bond donors (Lipinski definition) is 3. The van der Waals surface area contributed by atoms with Gasteiger partial charge in [0.2, 0.25) is 0 Å². The van der Waals surface area contributed by atoms with Crippen molar-refractivity contribution in [1.29, 1.82) is 0 Å². The fraction of sp³-hybridized carbons (Fsp3) is 0. The second-order valence-electron chi connectivity index (χ2n) is 3.21. The first kappa shape index (κ1) is 11.2. The van der Waals surface area contributed by atoms with Gasteiger partial charge in [0.05, 0.1) is 11.8 Å². The molecule has 0 aliphatic rings. The third-order valence-corrected chi connectivity index (χ3v) is 2.31. The van der Waals surface area contributed by atoms with Crippen LogP contribution in [0.25, 0.3) is 0 Å². The molecular weight excluding hydrogens is 238 g/mol. The van der Waals surface area contributed by atoms with Crippen molar-refractivity contribution in [2.45, 2.75) is 0 Å². The summed E-state index contributed by atoms with van der Waals surface area (Å²) in [6, 6.07) is 3.21. The van der Waals surface area contributed by atoms with Crippen molar-refractivity contribution in [3.05, 3.63) is 41.9 Å². The predicted octanol–water partition coefficient (Wildman–Crippen LogP) is 0.691. The molecule has 1 amide bonds. The molecule has 2 rings (SSSR count). The quantitative estimate of drug-likeness (QED) is 0.693. The highest BCUT2D eigenvalue weighted by atomic mass is 32.1. The summed E-state index contributed by atoms with van der Waals surface area (Å²) in [6.07, 6.45) is 4.54. The van der Waals surface area contributed by atoms with Crippen LogP contribution in [0.5, 0.6) is 0 Å². The summed E-state index contributed by atoms with van der Waals surface area (Å²) in [5, 5.41) is 9.03. The molecule has 0 aliphatic heterocycles. The summed E-state index contributed by atoms with van der Waals surface area (Å²) in [7, 11) is 0. The number of aromatic nitrogens is 3. The molecule has 86 valence electrons. The van der Waals surface area contributed by atoms with Gasteiger partial charge < -0.3 is 11.1 Å². The summed E-state index contributed by atoms with van der Waals surface area (Å²) in [4.78, 5) is 15.8. The highest BCUT2D eigenvalue weighted by Crippen LogP contribution is 2.11. The maximum Gasteiger partial charge on any atom is 0.256 e. The molecule has 2 aromatic rings. The van der Waals surface area contributed by atoms with E-state index in [-0.39, 0.29) is 10.9 Å². The number of carbonyl (C=O) groups excluding carboxylic acids is 1. The predicted molar refractivity (Wildman–Crippen MR) is 66.7 cm³/mol. The number of thiocarbonyl (C=S) groups is 1. The molecule has 0 saturated carbocycles. The number of nitrogens with two attached hydrogens (primary N) is 1. The molecule has 0 radical (unpaired) electrons. The molecule has 7 heteroatoms. The lowest BCUT2D eigenvalue weighted by Gasteiger charge is -2.04. The Morgan fingerprint density at radius 3 is 2.76 bits per heavy atom. The normalized spacial score (nSPS) is 9.88. The van der Waals surface area contributed by atoms with Gasteiger partial charge >= 0.3 is 0 Å². The van der Waals surface area contributed by atoms with Crippen LogP contribution in [0.1, 0.15) is 15.9 Å². The van der Waals surface area contributed by atoms with Crippen molar-refractivity contribution < 1.29 is 4.79 Å². The summed E-state index contributed by atoms with van der Waals surface area (Å²) in [5.41, 5.74) is 6.48. The number of nitrogens with zero attached hydrogens (tertiary/aromatic N) is 2. The molecule has 17 heavy (non-hydrogen) atoms. The zero-order valence-corrected chi connectivity index (χ0v) is 9.49. The number of anilines is 1. The van der Waals surface area contributed by atoms with E-state index in [2.05, 4.69) is 20.5 Å². The molecule has 0 fully saturated rings. The number of H-pyrrole nitrogens is 1. The largest absolute Gasteiger partial charge is 0.389 e. The van der Waals surface area contributed by atoms with Gasteiger partial charge in [0.1, 0.15) is 10.8 Å². The van der Waals surface area contributed by atoms with E-state index in [0.29, 0.717) is 16.9 Å². The minimum Gasteiger partial charge on any atom is -0.389 e. The lowest BCUT2D eigenvalue weighted by atomic mass is 10.2. The van der Waals surface area contributed by atoms with Gasteiger partial charge in [0.15, 0.2) is 0 Å². The van der Waals surface area contributed by atoms with Crippen molar-refractivity contribution >= 4 is 28.9 Å². The number of aromatic amines is 1. The van der Waals surface area contributed by atoms with E-state index in [1.807, 2.05) is 0 Å². The van der Waals surface area contributed by atoms with Crippen LogP contribution in [-0.2, 0) is 0 Å². The number of pyridine rings is 1. The Hall–Kier alpha value is -2.28. The number of nitrogens with one attached hydrogen (secondary N) is 2. The summed E-state index contributed by atoms with van der Waals surface area (Å²) >= 11 is 4.83. The lowest BCUT2D eigenvalue weighted by Crippen LogP contribution is -2.16. The van der Waals surface area contributed by atoms with Crippen LogP contribution < -0.4 is 11.1 Å². The third-order valence-electron chi connectivity index (χ3n) is 2.09. The molecule has 4 N–H and O–H groups in total. The summed E-state index contributed by atoms with van der Waals surface area (Å²) < 4.78 is 0. The zero-order valence-electron chi connectivity index (χ0n) is 8.68. The highest BCUT2D eigenvalue weighted by Gasteiger charge is 2.11. The first-order valence-corrected chi connectivity index (χ1v) is 5.14. The van der Waals surface area contributed by atoms with Crippen molar-refractivity contribution in [2.24, 2.45) is 5.73 Å². The molecule has 6 nitrogen and oxygen atoms in total. The first-order chi connectivity index (χ1) is 8.18. The Kier molecular flexibility index (Phi) is 3.10. The standard InChI is InChI=1S/C10H9N5OS/c11-8(17)7-5-13-15-9(7)14-10(16)6-1-3-12-4-2-6/h1-5H,(H2,11,17)(H2,13,14,15,16). The number of rotatable bonds is 3. The van der Waals surface area contributed by atoms with Gasteiger partial charge in [-0.2, -0.15) is 5.10 Å². The van der Waals surface area contributed by atoms with Gasteiger partial charge in [0.25, 0.3) is 5.91 Å². The van der Waals surface area contributed by atoms with Gasteiger partial charge in [-0.15, -0.1) is 0 Å². The molecule has 0 atom stereocenters. The summed E-state index contributed by atoms with van der Waals surface area (Å²) in [6.45, 7) is 0. The number of amides is 1. The minimum atomic E-state index is -0.283. The molecule has 0 spiro atoms. The third kappa shape index (κ3) is 2.45. The topological polar surface area (TPSA) is 96.7 Å². The average Bonchev–Trinajstić information content (AvgIpc) is 2.78. The van der Waals surface area contributed by atoms with E-state index in [4.69, 9.17) is 18.0 Å². The maximum absolute atomic E-state index is 11.8. The molecule has 2 heterocycles. The second-order valence-corrected chi connectivity index (χ2v) is 3.65. The number of carbonyl (C=O) groups is 1. The monoisotopic (exact) mass is 247 g/mol. The van der Waals surface area contributed by atoms with Gasteiger partial charge in [-0.3, -0.25) is 14.9 Å². The average molecular weight is 247 g/mol. The Balaban J connectivity index is 2.19. The molecule has 0 unspecified atom stereocenters. The Morgan fingerprint density at radius 1 is 1.41 bits per heavy atom. The van der Waals surface area contributed by atoms with Crippen LogP contribution in [0.15, 0.2) is 30.7 Å². The van der Waals surface area contributed by atoms with Crippen LogP contribution in [0.4, 0.5) is 5.82 Å². The van der Waals surface area contributed by atoms with E-state index >= 15 is 0 Å².